The SMILES string of the molecule is C#Cc1cccc(C=O)c1C=C. The third-order valence-corrected chi connectivity index (χ3v) is 1.63. The molecule has 0 radical (unpaired) electrons. The summed E-state index contributed by atoms with van der Waals surface area (Å²) in [6.45, 7) is 3.59. The molecule has 0 atom stereocenters. The van der Waals surface area contributed by atoms with Gasteiger partial charge in [-0.1, -0.05) is 30.7 Å². The predicted octanol–water partition coefficient (Wildman–Crippen LogP) is 2.12. The third kappa shape index (κ3) is 1.28. The summed E-state index contributed by atoms with van der Waals surface area (Å²) in [4.78, 5) is 10.5. The fourth-order valence-corrected chi connectivity index (χ4v) is 1.04. The lowest BCUT2D eigenvalue weighted by Crippen LogP contribution is -1.89. The lowest BCUT2D eigenvalue weighted by Gasteiger charge is -2.00. The zero-order chi connectivity index (χ0) is 8.97. The van der Waals surface area contributed by atoms with Crippen molar-refractivity contribution in [2.45, 2.75) is 0 Å². The Morgan fingerprint density at radius 2 is 2.25 bits per heavy atom. The molecule has 0 N–H and O–H groups in total. The second kappa shape index (κ2) is 3.54. The summed E-state index contributed by atoms with van der Waals surface area (Å²) in [5, 5.41) is 0. The molecular formula is C11H8O. The predicted molar refractivity (Wildman–Crippen MR) is 49.9 cm³/mol. The van der Waals surface area contributed by atoms with Gasteiger partial charge in [-0.3, -0.25) is 4.79 Å². The second-order valence-corrected chi connectivity index (χ2v) is 2.27. The van der Waals surface area contributed by atoms with Gasteiger partial charge in [0.15, 0.2) is 6.29 Å². The molecule has 0 aliphatic carbocycles. The van der Waals surface area contributed by atoms with Gasteiger partial charge in [0.05, 0.1) is 0 Å². The number of rotatable bonds is 2. The highest BCUT2D eigenvalue weighted by molar-refractivity contribution is 5.83. The van der Waals surface area contributed by atoms with E-state index in [0.29, 0.717) is 11.1 Å². The standard InChI is InChI=1S/C11H8O/c1-3-9-6-5-7-10(8-12)11(9)4-2/h1,4-8H,2H2. The van der Waals surface area contributed by atoms with Crippen LogP contribution in [0.15, 0.2) is 24.8 Å². The summed E-state index contributed by atoms with van der Waals surface area (Å²) >= 11 is 0. The van der Waals surface area contributed by atoms with E-state index in [-0.39, 0.29) is 0 Å². The van der Waals surface area contributed by atoms with Crippen LogP contribution in [-0.4, -0.2) is 6.29 Å². The molecule has 1 heteroatoms. The van der Waals surface area contributed by atoms with Crippen molar-refractivity contribution in [3.05, 3.63) is 41.5 Å². The maximum Gasteiger partial charge on any atom is 0.150 e. The summed E-state index contributed by atoms with van der Waals surface area (Å²) in [6, 6.07) is 5.25. The number of carbonyl (C=O) groups excluding carboxylic acids is 1. The molecule has 12 heavy (non-hydrogen) atoms. The molecule has 0 bridgehead atoms. The van der Waals surface area contributed by atoms with Crippen molar-refractivity contribution in [3.63, 3.8) is 0 Å². The highest BCUT2D eigenvalue weighted by Crippen LogP contribution is 2.13. The van der Waals surface area contributed by atoms with Gasteiger partial charge in [-0.05, 0) is 11.6 Å². The van der Waals surface area contributed by atoms with Crippen LogP contribution < -0.4 is 0 Å². The fraction of sp³-hybridized carbons (Fsp3) is 0. The molecule has 0 aliphatic rings. The first-order valence-corrected chi connectivity index (χ1v) is 3.50. The van der Waals surface area contributed by atoms with Crippen LogP contribution in [0.2, 0.25) is 0 Å². The Bertz CT molecular complexity index is 356. The van der Waals surface area contributed by atoms with Gasteiger partial charge in [0.1, 0.15) is 0 Å². The van der Waals surface area contributed by atoms with Crippen molar-refractivity contribution in [3.8, 4) is 12.3 Å². The molecule has 1 nitrogen and oxygen atoms in total. The molecule has 58 valence electrons. The lowest BCUT2D eigenvalue weighted by molar-refractivity contribution is 0.112. The first-order valence-electron chi connectivity index (χ1n) is 3.50. The number of hydrogen-bond donors (Lipinski definition) is 0. The molecule has 0 aliphatic heterocycles. The average molecular weight is 156 g/mol. The van der Waals surface area contributed by atoms with Crippen LogP contribution in [0, 0.1) is 12.3 Å². The van der Waals surface area contributed by atoms with Crippen molar-refractivity contribution in [2.24, 2.45) is 0 Å². The molecular weight excluding hydrogens is 148 g/mol. The zero-order valence-electron chi connectivity index (χ0n) is 6.58. The molecule has 1 aromatic carbocycles. The van der Waals surface area contributed by atoms with E-state index < -0.39 is 0 Å². The number of carbonyl (C=O) groups is 1. The van der Waals surface area contributed by atoms with E-state index in [4.69, 9.17) is 6.42 Å². The Labute approximate surface area is 71.7 Å². The maximum absolute atomic E-state index is 10.5. The highest BCUT2D eigenvalue weighted by atomic mass is 16.1. The Morgan fingerprint density at radius 1 is 1.50 bits per heavy atom. The lowest BCUT2D eigenvalue weighted by atomic mass is 10.0. The number of hydrogen-bond acceptors (Lipinski definition) is 1. The number of benzene rings is 1. The van der Waals surface area contributed by atoms with Gasteiger partial charge in [-0.2, -0.15) is 0 Å². The zero-order valence-corrected chi connectivity index (χ0v) is 6.58. The first kappa shape index (κ1) is 8.29. The summed E-state index contributed by atoms with van der Waals surface area (Å²) in [6.07, 6.45) is 7.61. The van der Waals surface area contributed by atoms with Gasteiger partial charge in [0.25, 0.3) is 0 Å². The fourth-order valence-electron chi connectivity index (χ4n) is 1.04. The van der Waals surface area contributed by atoms with Crippen LogP contribution in [0.4, 0.5) is 0 Å². The molecule has 0 heterocycles. The molecule has 0 amide bonds. The maximum atomic E-state index is 10.5. The number of terminal acetylenes is 1. The van der Waals surface area contributed by atoms with Gasteiger partial charge in [-0.25, -0.2) is 0 Å². The minimum Gasteiger partial charge on any atom is -0.298 e. The third-order valence-electron chi connectivity index (χ3n) is 1.63. The summed E-state index contributed by atoms with van der Waals surface area (Å²) in [5.74, 6) is 2.49. The molecule has 0 saturated heterocycles. The minimum atomic E-state index is 0.584. The van der Waals surface area contributed by atoms with Crippen LogP contribution in [0.25, 0.3) is 6.08 Å². The Kier molecular flexibility index (Phi) is 2.45. The Morgan fingerprint density at radius 3 is 2.75 bits per heavy atom. The van der Waals surface area contributed by atoms with Crippen molar-refractivity contribution in [1.82, 2.24) is 0 Å². The van der Waals surface area contributed by atoms with Crippen LogP contribution in [-0.2, 0) is 0 Å². The molecule has 1 aromatic rings. The molecule has 0 fully saturated rings. The molecule has 0 spiro atoms. The molecule has 0 saturated carbocycles. The van der Waals surface area contributed by atoms with Crippen LogP contribution in [0.3, 0.4) is 0 Å². The quantitative estimate of drug-likeness (QED) is 0.473. The van der Waals surface area contributed by atoms with Gasteiger partial charge in [-0.15, -0.1) is 6.42 Å². The van der Waals surface area contributed by atoms with E-state index in [0.717, 1.165) is 11.8 Å². The Hall–Kier alpha value is -1.81. The van der Waals surface area contributed by atoms with Gasteiger partial charge < -0.3 is 0 Å². The minimum absolute atomic E-state index is 0.584. The van der Waals surface area contributed by atoms with Gasteiger partial charge in [0.2, 0.25) is 0 Å². The van der Waals surface area contributed by atoms with Gasteiger partial charge in [0, 0.05) is 11.1 Å². The van der Waals surface area contributed by atoms with Crippen molar-refractivity contribution in [2.75, 3.05) is 0 Å². The summed E-state index contributed by atoms with van der Waals surface area (Å²) < 4.78 is 0. The number of aldehydes is 1. The molecule has 0 aromatic heterocycles. The highest BCUT2D eigenvalue weighted by Gasteiger charge is 2.00. The normalized spacial score (nSPS) is 8.58. The van der Waals surface area contributed by atoms with Crippen LogP contribution in [0.1, 0.15) is 21.5 Å². The molecule has 1 rings (SSSR count). The first-order chi connectivity index (χ1) is 5.83. The second-order valence-electron chi connectivity index (χ2n) is 2.27. The van der Waals surface area contributed by atoms with Crippen molar-refractivity contribution in [1.29, 1.82) is 0 Å². The monoisotopic (exact) mass is 156 g/mol. The Balaban J connectivity index is 3.44. The van der Waals surface area contributed by atoms with E-state index in [2.05, 4.69) is 12.5 Å². The topological polar surface area (TPSA) is 17.1 Å². The summed E-state index contributed by atoms with van der Waals surface area (Å²) in [7, 11) is 0. The van der Waals surface area contributed by atoms with Crippen molar-refractivity contribution < 1.29 is 4.79 Å². The smallest absolute Gasteiger partial charge is 0.150 e. The summed E-state index contributed by atoms with van der Waals surface area (Å²) in [5.41, 5.74) is 2.02. The van der Waals surface area contributed by atoms with Crippen LogP contribution >= 0.6 is 0 Å². The van der Waals surface area contributed by atoms with E-state index in [1.807, 2.05) is 0 Å². The van der Waals surface area contributed by atoms with E-state index in [1.165, 1.54) is 0 Å². The van der Waals surface area contributed by atoms with Crippen LogP contribution in [0.5, 0.6) is 0 Å². The average Bonchev–Trinajstić information content (AvgIpc) is 2.16. The van der Waals surface area contributed by atoms with Gasteiger partial charge >= 0.3 is 0 Å². The molecule has 0 unspecified atom stereocenters. The largest absolute Gasteiger partial charge is 0.298 e. The van der Waals surface area contributed by atoms with E-state index in [9.17, 15) is 4.79 Å². The van der Waals surface area contributed by atoms with Crippen molar-refractivity contribution >= 4 is 12.4 Å². The van der Waals surface area contributed by atoms with E-state index in [1.54, 1.807) is 24.3 Å². The van der Waals surface area contributed by atoms with E-state index >= 15 is 0 Å².